The monoisotopic (exact) mass is 236 g/mol. The van der Waals surface area contributed by atoms with Gasteiger partial charge >= 0.3 is 0 Å². The van der Waals surface area contributed by atoms with Gasteiger partial charge in [0.1, 0.15) is 5.75 Å². The number of ether oxygens (including phenoxy) is 1. The van der Waals surface area contributed by atoms with Crippen LogP contribution in [0, 0.1) is 5.92 Å². The minimum Gasteiger partial charge on any atom is -0.497 e. The highest BCUT2D eigenvalue weighted by Gasteiger charge is 2.11. The molecule has 4 heteroatoms. The molecular weight excluding hydrogens is 220 g/mol. The van der Waals surface area contributed by atoms with Gasteiger partial charge in [-0.25, -0.2) is 0 Å². The van der Waals surface area contributed by atoms with E-state index < -0.39 is 0 Å². The first-order valence-electron chi connectivity index (χ1n) is 5.36. The summed E-state index contributed by atoms with van der Waals surface area (Å²) in [6, 6.07) is 7.89. The van der Waals surface area contributed by atoms with Gasteiger partial charge in [-0.05, 0) is 30.2 Å². The molecule has 2 rings (SSSR count). The third kappa shape index (κ3) is 2.92. The first-order valence-corrected chi connectivity index (χ1v) is 6.35. The average Bonchev–Trinajstić information content (AvgIpc) is 2.33. The van der Waals surface area contributed by atoms with Crippen LogP contribution in [0.15, 0.2) is 29.3 Å². The molecule has 1 N–H and O–H groups in total. The molecule has 3 nitrogen and oxygen atoms in total. The molecule has 0 fully saturated rings. The Balaban J connectivity index is 1.98. The molecule has 1 aliphatic heterocycles. The molecule has 1 aliphatic rings. The van der Waals surface area contributed by atoms with Gasteiger partial charge in [0.25, 0.3) is 0 Å². The Morgan fingerprint density at radius 3 is 2.69 bits per heavy atom. The van der Waals surface area contributed by atoms with Crippen molar-refractivity contribution in [3.63, 3.8) is 0 Å². The number of rotatable bonds is 2. The topological polar surface area (TPSA) is 33.6 Å². The number of amidine groups is 1. The summed E-state index contributed by atoms with van der Waals surface area (Å²) in [7, 11) is 1.67. The Labute approximate surface area is 100 Å². The highest BCUT2D eigenvalue weighted by molar-refractivity contribution is 8.14. The summed E-state index contributed by atoms with van der Waals surface area (Å²) in [4.78, 5) is 4.49. The molecule has 0 amide bonds. The summed E-state index contributed by atoms with van der Waals surface area (Å²) in [5, 5.41) is 4.33. The molecule has 0 aromatic heterocycles. The number of methoxy groups -OCH3 is 1. The maximum atomic E-state index is 5.11. The fourth-order valence-corrected chi connectivity index (χ4v) is 2.34. The lowest BCUT2D eigenvalue weighted by Crippen LogP contribution is -2.18. The fourth-order valence-electron chi connectivity index (χ4n) is 1.43. The Morgan fingerprint density at radius 2 is 2.12 bits per heavy atom. The van der Waals surface area contributed by atoms with Crippen LogP contribution in [0.2, 0.25) is 0 Å². The predicted molar refractivity (Wildman–Crippen MR) is 70.5 cm³/mol. The van der Waals surface area contributed by atoms with Crippen LogP contribution in [0.4, 0.5) is 5.69 Å². The SMILES string of the molecule is COc1ccc(NC2=NCC(C)CS2)cc1. The van der Waals surface area contributed by atoms with Crippen molar-refractivity contribution in [2.24, 2.45) is 10.9 Å². The highest BCUT2D eigenvalue weighted by atomic mass is 32.2. The summed E-state index contributed by atoms with van der Waals surface area (Å²) in [5.74, 6) is 2.70. The Kier molecular flexibility index (Phi) is 3.72. The number of hydrogen-bond acceptors (Lipinski definition) is 4. The summed E-state index contributed by atoms with van der Waals surface area (Å²) >= 11 is 1.78. The molecule has 1 aromatic rings. The van der Waals surface area contributed by atoms with Gasteiger partial charge in [0.15, 0.2) is 5.17 Å². The number of thioether (sulfide) groups is 1. The van der Waals surface area contributed by atoms with Crippen molar-refractivity contribution in [2.75, 3.05) is 24.7 Å². The molecule has 86 valence electrons. The van der Waals surface area contributed by atoms with Crippen molar-refractivity contribution in [1.29, 1.82) is 0 Å². The van der Waals surface area contributed by atoms with Gasteiger partial charge in [-0.15, -0.1) is 0 Å². The average molecular weight is 236 g/mol. The molecule has 1 atom stereocenters. The molecule has 1 aromatic carbocycles. The van der Waals surface area contributed by atoms with Gasteiger partial charge in [-0.2, -0.15) is 0 Å². The molecule has 1 heterocycles. The maximum absolute atomic E-state index is 5.11. The van der Waals surface area contributed by atoms with E-state index in [0.717, 1.165) is 28.9 Å². The van der Waals surface area contributed by atoms with E-state index in [4.69, 9.17) is 4.74 Å². The van der Waals surface area contributed by atoms with Crippen LogP contribution >= 0.6 is 11.8 Å². The minimum absolute atomic E-state index is 0.686. The van der Waals surface area contributed by atoms with Crippen molar-refractivity contribution in [3.05, 3.63) is 24.3 Å². The van der Waals surface area contributed by atoms with E-state index in [1.807, 2.05) is 24.3 Å². The van der Waals surface area contributed by atoms with E-state index in [1.165, 1.54) is 0 Å². The van der Waals surface area contributed by atoms with E-state index in [2.05, 4.69) is 17.2 Å². The number of hydrogen-bond donors (Lipinski definition) is 1. The van der Waals surface area contributed by atoms with Crippen molar-refractivity contribution >= 4 is 22.6 Å². The number of nitrogens with zero attached hydrogens (tertiary/aromatic N) is 1. The Morgan fingerprint density at radius 1 is 1.38 bits per heavy atom. The van der Waals surface area contributed by atoms with Crippen LogP contribution in [0.5, 0.6) is 5.75 Å². The van der Waals surface area contributed by atoms with Crippen molar-refractivity contribution in [3.8, 4) is 5.75 Å². The first-order chi connectivity index (χ1) is 7.78. The van der Waals surface area contributed by atoms with Gasteiger partial charge in [0, 0.05) is 18.0 Å². The highest BCUT2D eigenvalue weighted by Crippen LogP contribution is 2.20. The zero-order valence-corrected chi connectivity index (χ0v) is 10.4. The second kappa shape index (κ2) is 5.25. The Bertz CT molecular complexity index is 375. The van der Waals surface area contributed by atoms with E-state index in [1.54, 1.807) is 18.9 Å². The molecule has 1 unspecified atom stereocenters. The van der Waals surface area contributed by atoms with Crippen LogP contribution in [-0.2, 0) is 0 Å². The van der Waals surface area contributed by atoms with Crippen LogP contribution < -0.4 is 10.1 Å². The third-order valence-corrected chi connectivity index (χ3v) is 3.63. The van der Waals surface area contributed by atoms with Gasteiger partial charge in [0.2, 0.25) is 0 Å². The number of anilines is 1. The minimum atomic E-state index is 0.686. The fraction of sp³-hybridized carbons (Fsp3) is 0.417. The molecule has 0 radical (unpaired) electrons. The molecule has 0 aliphatic carbocycles. The molecule has 16 heavy (non-hydrogen) atoms. The van der Waals surface area contributed by atoms with Gasteiger partial charge in [-0.1, -0.05) is 18.7 Å². The zero-order valence-electron chi connectivity index (χ0n) is 9.56. The smallest absolute Gasteiger partial charge is 0.161 e. The van der Waals surface area contributed by atoms with Gasteiger partial charge < -0.3 is 10.1 Å². The molecule has 0 bridgehead atoms. The summed E-state index contributed by atoms with van der Waals surface area (Å²) in [6.45, 7) is 3.14. The van der Waals surface area contributed by atoms with Gasteiger partial charge in [0.05, 0.1) is 7.11 Å². The molecular formula is C12H16N2OS. The molecule has 0 spiro atoms. The van der Waals surface area contributed by atoms with E-state index in [0.29, 0.717) is 5.92 Å². The number of nitrogens with one attached hydrogen (secondary N) is 1. The van der Waals surface area contributed by atoms with Gasteiger partial charge in [-0.3, -0.25) is 4.99 Å². The number of benzene rings is 1. The van der Waals surface area contributed by atoms with Crippen LogP contribution in [0.3, 0.4) is 0 Å². The van der Waals surface area contributed by atoms with E-state index in [9.17, 15) is 0 Å². The van der Waals surface area contributed by atoms with Crippen molar-refractivity contribution < 1.29 is 4.74 Å². The zero-order chi connectivity index (χ0) is 11.4. The van der Waals surface area contributed by atoms with Crippen LogP contribution in [0.25, 0.3) is 0 Å². The van der Waals surface area contributed by atoms with E-state index >= 15 is 0 Å². The molecule has 0 saturated heterocycles. The summed E-state index contributed by atoms with van der Waals surface area (Å²) < 4.78 is 5.11. The van der Waals surface area contributed by atoms with Crippen molar-refractivity contribution in [2.45, 2.75) is 6.92 Å². The van der Waals surface area contributed by atoms with Crippen molar-refractivity contribution in [1.82, 2.24) is 0 Å². The van der Waals surface area contributed by atoms with Crippen LogP contribution in [-0.4, -0.2) is 24.6 Å². The quantitative estimate of drug-likeness (QED) is 0.857. The second-order valence-corrected chi connectivity index (χ2v) is 4.92. The third-order valence-electron chi connectivity index (χ3n) is 2.39. The van der Waals surface area contributed by atoms with E-state index in [-0.39, 0.29) is 0 Å². The standard InChI is InChI=1S/C12H16N2OS/c1-9-7-13-12(16-8-9)14-10-3-5-11(15-2)6-4-10/h3-6,9H,7-8H2,1-2H3,(H,13,14). The predicted octanol–water partition coefficient (Wildman–Crippen LogP) is 2.85. The number of aliphatic imine (C=N–C) groups is 1. The Hall–Kier alpha value is -1.16. The maximum Gasteiger partial charge on any atom is 0.161 e. The largest absolute Gasteiger partial charge is 0.497 e. The lowest BCUT2D eigenvalue weighted by molar-refractivity contribution is 0.415. The first kappa shape index (κ1) is 11.3. The lowest BCUT2D eigenvalue weighted by atomic mass is 10.2. The lowest BCUT2D eigenvalue weighted by Gasteiger charge is -2.17. The molecule has 0 saturated carbocycles. The van der Waals surface area contributed by atoms with Crippen LogP contribution in [0.1, 0.15) is 6.92 Å². The summed E-state index contributed by atoms with van der Waals surface area (Å²) in [6.07, 6.45) is 0. The normalized spacial score (nSPS) is 20.1. The summed E-state index contributed by atoms with van der Waals surface area (Å²) in [5.41, 5.74) is 1.06. The second-order valence-electron chi connectivity index (χ2n) is 3.92.